The predicted octanol–water partition coefficient (Wildman–Crippen LogP) is 1.39. The lowest BCUT2D eigenvalue weighted by molar-refractivity contribution is -0.142. The summed E-state index contributed by atoms with van der Waals surface area (Å²) in [4.78, 5) is 23.8. The van der Waals surface area contributed by atoms with Gasteiger partial charge >= 0.3 is 5.97 Å². The molecule has 1 aromatic rings. The van der Waals surface area contributed by atoms with Crippen molar-refractivity contribution in [2.45, 2.75) is 19.8 Å². The van der Waals surface area contributed by atoms with Gasteiger partial charge in [-0.3, -0.25) is 9.59 Å². The molecule has 5 heteroatoms. The Bertz CT molecular complexity index is 372. The molecule has 0 saturated carbocycles. The van der Waals surface area contributed by atoms with Gasteiger partial charge in [-0.15, -0.1) is 0 Å². The number of hydrogen-bond donors (Lipinski definition) is 1. The van der Waals surface area contributed by atoms with Gasteiger partial charge in [-0.2, -0.15) is 0 Å². The molecule has 0 aliphatic rings. The summed E-state index contributed by atoms with van der Waals surface area (Å²) in [6, 6.07) is 1.81. The molecular formula is C12H17NO4. The third-order valence-corrected chi connectivity index (χ3v) is 2.60. The number of hydrogen-bond acceptors (Lipinski definition) is 3. The second-order valence-corrected chi connectivity index (χ2v) is 4.15. The molecule has 1 unspecified atom stereocenters. The highest BCUT2D eigenvalue weighted by atomic mass is 16.4. The van der Waals surface area contributed by atoms with Gasteiger partial charge in [-0.1, -0.05) is 6.92 Å². The number of carboxylic acid groups (broad SMARTS) is 1. The van der Waals surface area contributed by atoms with Crippen molar-refractivity contribution in [3.05, 3.63) is 24.2 Å². The van der Waals surface area contributed by atoms with Crippen molar-refractivity contribution in [2.75, 3.05) is 13.6 Å². The Morgan fingerprint density at radius 1 is 1.53 bits per heavy atom. The van der Waals surface area contributed by atoms with Crippen LogP contribution in [0.3, 0.4) is 0 Å². The second kappa shape index (κ2) is 6.08. The summed E-state index contributed by atoms with van der Waals surface area (Å²) in [5.41, 5.74) is 0.970. The fourth-order valence-electron chi connectivity index (χ4n) is 1.47. The zero-order valence-electron chi connectivity index (χ0n) is 10.0. The van der Waals surface area contributed by atoms with Crippen molar-refractivity contribution in [3.8, 4) is 0 Å². The molecular weight excluding hydrogens is 222 g/mol. The number of carbonyl (C=O) groups is 2. The van der Waals surface area contributed by atoms with Crippen molar-refractivity contribution >= 4 is 11.9 Å². The molecule has 0 radical (unpaired) electrons. The SMILES string of the molecule is CC(CN(C)C(=O)CCc1ccoc1)C(=O)O. The minimum absolute atomic E-state index is 0.0562. The predicted molar refractivity (Wildman–Crippen MR) is 61.5 cm³/mol. The summed E-state index contributed by atoms with van der Waals surface area (Å²) in [7, 11) is 1.62. The summed E-state index contributed by atoms with van der Waals surface area (Å²) in [5, 5.41) is 8.74. The minimum atomic E-state index is -0.889. The van der Waals surface area contributed by atoms with Gasteiger partial charge in [0.2, 0.25) is 5.91 Å². The van der Waals surface area contributed by atoms with Crippen LogP contribution in [-0.4, -0.2) is 35.5 Å². The van der Waals surface area contributed by atoms with Gasteiger partial charge in [0.05, 0.1) is 18.4 Å². The number of aryl methyl sites for hydroxylation is 1. The lowest BCUT2D eigenvalue weighted by Crippen LogP contribution is -2.33. The van der Waals surface area contributed by atoms with Crippen molar-refractivity contribution in [1.29, 1.82) is 0 Å². The molecule has 0 spiro atoms. The molecule has 1 rings (SSSR count). The first-order valence-electron chi connectivity index (χ1n) is 5.48. The van der Waals surface area contributed by atoms with Crippen LogP contribution in [0.2, 0.25) is 0 Å². The van der Waals surface area contributed by atoms with Crippen LogP contribution in [0.5, 0.6) is 0 Å². The summed E-state index contributed by atoms with van der Waals surface area (Å²) in [6.07, 6.45) is 4.15. The van der Waals surface area contributed by atoms with Crippen molar-refractivity contribution < 1.29 is 19.1 Å². The average molecular weight is 239 g/mol. The summed E-state index contributed by atoms with van der Waals surface area (Å²) in [6.45, 7) is 1.82. The van der Waals surface area contributed by atoms with Crippen molar-refractivity contribution in [3.63, 3.8) is 0 Å². The Balaban J connectivity index is 2.34. The van der Waals surface area contributed by atoms with Gasteiger partial charge in [0.1, 0.15) is 0 Å². The zero-order chi connectivity index (χ0) is 12.8. The molecule has 1 heterocycles. The number of aliphatic carboxylic acids is 1. The molecule has 94 valence electrons. The van der Waals surface area contributed by atoms with Gasteiger partial charge < -0.3 is 14.4 Å². The highest BCUT2D eigenvalue weighted by molar-refractivity contribution is 5.77. The number of nitrogens with zero attached hydrogens (tertiary/aromatic N) is 1. The van der Waals surface area contributed by atoms with Gasteiger partial charge in [0, 0.05) is 20.0 Å². The van der Waals surface area contributed by atoms with E-state index in [2.05, 4.69) is 0 Å². The van der Waals surface area contributed by atoms with Gasteiger partial charge in [0.25, 0.3) is 0 Å². The second-order valence-electron chi connectivity index (χ2n) is 4.15. The molecule has 0 bridgehead atoms. The number of furan rings is 1. The molecule has 1 atom stereocenters. The quantitative estimate of drug-likeness (QED) is 0.814. The maximum Gasteiger partial charge on any atom is 0.308 e. The molecule has 0 saturated heterocycles. The van der Waals surface area contributed by atoms with E-state index in [9.17, 15) is 9.59 Å². The van der Waals surface area contributed by atoms with E-state index in [0.29, 0.717) is 12.8 Å². The topological polar surface area (TPSA) is 70.8 Å². The summed E-state index contributed by atoms with van der Waals surface area (Å²) < 4.78 is 4.90. The molecule has 1 aromatic heterocycles. The summed E-state index contributed by atoms with van der Waals surface area (Å²) >= 11 is 0. The Morgan fingerprint density at radius 3 is 2.76 bits per heavy atom. The van der Waals surface area contributed by atoms with Gasteiger partial charge in [-0.05, 0) is 18.1 Å². The minimum Gasteiger partial charge on any atom is -0.481 e. The van der Waals surface area contributed by atoms with Crippen molar-refractivity contribution in [2.24, 2.45) is 5.92 Å². The first-order chi connectivity index (χ1) is 8.00. The Hall–Kier alpha value is -1.78. The van der Waals surface area contributed by atoms with Crippen LogP contribution in [-0.2, 0) is 16.0 Å². The summed E-state index contributed by atoms with van der Waals surface area (Å²) in [5.74, 6) is -1.49. The van der Waals surface area contributed by atoms with Crippen molar-refractivity contribution in [1.82, 2.24) is 4.90 Å². The fourth-order valence-corrected chi connectivity index (χ4v) is 1.47. The fraction of sp³-hybridized carbons (Fsp3) is 0.500. The van der Waals surface area contributed by atoms with E-state index >= 15 is 0 Å². The third kappa shape index (κ3) is 4.30. The largest absolute Gasteiger partial charge is 0.481 e. The van der Waals surface area contributed by atoms with E-state index in [1.54, 1.807) is 26.5 Å². The molecule has 0 aromatic carbocycles. The maximum atomic E-state index is 11.7. The normalized spacial score (nSPS) is 12.1. The Kier molecular flexibility index (Phi) is 4.75. The number of amides is 1. The first-order valence-corrected chi connectivity index (χ1v) is 5.48. The monoisotopic (exact) mass is 239 g/mol. The molecule has 1 amide bonds. The van der Waals surface area contributed by atoms with Crippen LogP contribution >= 0.6 is 0 Å². The average Bonchev–Trinajstić information content (AvgIpc) is 2.78. The Morgan fingerprint density at radius 2 is 2.24 bits per heavy atom. The molecule has 0 aliphatic carbocycles. The van der Waals surface area contributed by atoms with E-state index in [-0.39, 0.29) is 12.5 Å². The van der Waals surface area contributed by atoms with E-state index in [1.807, 2.05) is 6.07 Å². The lowest BCUT2D eigenvalue weighted by Gasteiger charge is -2.19. The maximum absolute atomic E-state index is 11.7. The number of rotatable bonds is 6. The van der Waals surface area contributed by atoms with Crippen LogP contribution < -0.4 is 0 Å². The van der Waals surface area contributed by atoms with Gasteiger partial charge in [-0.25, -0.2) is 0 Å². The first kappa shape index (κ1) is 13.3. The van der Waals surface area contributed by atoms with E-state index in [4.69, 9.17) is 9.52 Å². The smallest absolute Gasteiger partial charge is 0.308 e. The zero-order valence-corrected chi connectivity index (χ0v) is 10.0. The molecule has 5 nitrogen and oxygen atoms in total. The Labute approximate surface area is 100 Å². The lowest BCUT2D eigenvalue weighted by atomic mass is 10.1. The van der Waals surface area contributed by atoms with E-state index < -0.39 is 11.9 Å². The molecule has 0 aliphatic heterocycles. The number of carbonyl (C=O) groups excluding carboxylic acids is 1. The van der Waals surface area contributed by atoms with Crippen LogP contribution in [0.15, 0.2) is 23.0 Å². The third-order valence-electron chi connectivity index (χ3n) is 2.60. The van der Waals surface area contributed by atoms with Crippen LogP contribution in [0, 0.1) is 5.92 Å². The van der Waals surface area contributed by atoms with E-state index in [1.165, 1.54) is 4.90 Å². The molecule has 0 fully saturated rings. The van der Waals surface area contributed by atoms with Crippen LogP contribution in [0.1, 0.15) is 18.9 Å². The van der Waals surface area contributed by atoms with Gasteiger partial charge in [0.15, 0.2) is 0 Å². The molecule has 1 N–H and O–H groups in total. The highest BCUT2D eigenvalue weighted by Gasteiger charge is 2.17. The highest BCUT2D eigenvalue weighted by Crippen LogP contribution is 2.06. The van der Waals surface area contributed by atoms with Crippen LogP contribution in [0.25, 0.3) is 0 Å². The number of carboxylic acids is 1. The standard InChI is InChI=1S/C12H17NO4/c1-9(12(15)16)7-13(2)11(14)4-3-10-5-6-17-8-10/h5-6,8-9H,3-4,7H2,1-2H3,(H,15,16). The molecule has 17 heavy (non-hydrogen) atoms. The van der Waals surface area contributed by atoms with Crippen LogP contribution in [0.4, 0.5) is 0 Å². The van der Waals surface area contributed by atoms with E-state index in [0.717, 1.165) is 5.56 Å².